The van der Waals surface area contributed by atoms with E-state index in [4.69, 9.17) is 0 Å². The van der Waals surface area contributed by atoms with Crippen LogP contribution in [0.25, 0.3) is 0 Å². The van der Waals surface area contributed by atoms with Gasteiger partial charge in [-0.2, -0.15) is 11.8 Å². The van der Waals surface area contributed by atoms with Gasteiger partial charge >= 0.3 is 0 Å². The van der Waals surface area contributed by atoms with Gasteiger partial charge in [-0.05, 0) is 18.6 Å². The Morgan fingerprint density at radius 1 is 1.35 bits per heavy atom. The van der Waals surface area contributed by atoms with Gasteiger partial charge in [0.2, 0.25) is 5.91 Å². The van der Waals surface area contributed by atoms with E-state index >= 15 is 0 Å². The SMILES string of the molecule is CCSC1CCCCC1NC(=O)C1CNC1.Cl. The highest BCUT2D eigenvalue weighted by molar-refractivity contribution is 7.99. The van der Waals surface area contributed by atoms with E-state index in [-0.39, 0.29) is 24.2 Å². The summed E-state index contributed by atoms with van der Waals surface area (Å²) in [6.45, 7) is 3.93. The average molecular weight is 279 g/mol. The number of carbonyl (C=O) groups is 1. The van der Waals surface area contributed by atoms with Crippen LogP contribution in [0.5, 0.6) is 0 Å². The summed E-state index contributed by atoms with van der Waals surface area (Å²) in [6.07, 6.45) is 5.04. The van der Waals surface area contributed by atoms with Crippen molar-refractivity contribution in [3.8, 4) is 0 Å². The van der Waals surface area contributed by atoms with Crippen LogP contribution in [0.15, 0.2) is 0 Å². The summed E-state index contributed by atoms with van der Waals surface area (Å²) in [4.78, 5) is 11.9. The normalized spacial score (nSPS) is 29.0. The highest BCUT2D eigenvalue weighted by Crippen LogP contribution is 2.28. The van der Waals surface area contributed by atoms with Gasteiger partial charge in [-0.1, -0.05) is 19.8 Å². The van der Waals surface area contributed by atoms with Crippen molar-refractivity contribution >= 4 is 30.1 Å². The van der Waals surface area contributed by atoms with E-state index in [0.29, 0.717) is 11.3 Å². The molecule has 2 atom stereocenters. The van der Waals surface area contributed by atoms with Crippen molar-refractivity contribution in [2.75, 3.05) is 18.8 Å². The number of halogens is 1. The lowest BCUT2D eigenvalue weighted by Gasteiger charge is -2.34. The first-order valence-corrected chi connectivity index (χ1v) is 7.49. The van der Waals surface area contributed by atoms with Crippen molar-refractivity contribution in [1.82, 2.24) is 10.6 Å². The molecule has 100 valence electrons. The van der Waals surface area contributed by atoms with Crippen LogP contribution >= 0.6 is 24.2 Å². The minimum atomic E-state index is 0. The number of rotatable bonds is 4. The highest BCUT2D eigenvalue weighted by atomic mass is 35.5. The number of nitrogens with one attached hydrogen (secondary N) is 2. The van der Waals surface area contributed by atoms with Crippen molar-refractivity contribution < 1.29 is 4.79 Å². The largest absolute Gasteiger partial charge is 0.352 e. The molecule has 3 nitrogen and oxygen atoms in total. The second-order valence-electron chi connectivity index (χ2n) is 4.75. The molecule has 1 saturated carbocycles. The van der Waals surface area contributed by atoms with Gasteiger partial charge in [0.1, 0.15) is 0 Å². The Balaban J connectivity index is 0.00000144. The monoisotopic (exact) mass is 278 g/mol. The number of thioether (sulfide) groups is 1. The zero-order valence-corrected chi connectivity index (χ0v) is 12.0. The van der Waals surface area contributed by atoms with Gasteiger partial charge in [-0.15, -0.1) is 12.4 Å². The molecule has 1 amide bonds. The van der Waals surface area contributed by atoms with Crippen LogP contribution in [0.2, 0.25) is 0 Å². The number of amides is 1. The van der Waals surface area contributed by atoms with Crippen molar-refractivity contribution in [2.24, 2.45) is 5.92 Å². The van der Waals surface area contributed by atoms with Gasteiger partial charge in [0, 0.05) is 24.4 Å². The fraction of sp³-hybridized carbons (Fsp3) is 0.917. The molecule has 0 aromatic heterocycles. The minimum absolute atomic E-state index is 0. The maximum atomic E-state index is 11.9. The molecule has 2 unspecified atom stereocenters. The summed E-state index contributed by atoms with van der Waals surface area (Å²) < 4.78 is 0. The Kier molecular flexibility index (Phi) is 6.67. The van der Waals surface area contributed by atoms with Crippen LogP contribution in [0.4, 0.5) is 0 Å². The van der Waals surface area contributed by atoms with E-state index in [2.05, 4.69) is 17.6 Å². The molecule has 2 rings (SSSR count). The molecule has 2 N–H and O–H groups in total. The Labute approximate surface area is 114 Å². The van der Waals surface area contributed by atoms with Crippen molar-refractivity contribution in [2.45, 2.75) is 43.9 Å². The fourth-order valence-corrected chi connectivity index (χ4v) is 3.65. The van der Waals surface area contributed by atoms with Gasteiger partial charge in [0.15, 0.2) is 0 Å². The van der Waals surface area contributed by atoms with Crippen molar-refractivity contribution in [1.29, 1.82) is 0 Å². The first-order valence-electron chi connectivity index (χ1n) is 6.44. The molecule has 5 heteroatoms. The van der Waals surface area contributed by atoms with Crippen LogP contribution in [-0.2, 0) is 4.79 Å². The van der Waals surface area contributed by atoms with E-state index < -0.39 is 0 Å². The molecule has 0 bridgehead atoms. The maximum Gasteiger partial charge on any atom is 0.225 e. The lowest BCUT2D eigenvalue weighted by atomic mass is 9.93. The van der Waals surface area contributed by atoms with Crippen LogP contribution in [0.1, 0.15) is 32.6 Å². The number of hydrogen-bond donors (Lipinski definition) is 2. The molecule has 2 aliphatic rings. The molecule has 1 heterocycles. The topological polar surface area (TPSA) is 41.1 Å². The minimum Gasteiger partial charge on any atom is -0.352 e. The van der Waals surface area contributed by atoms with Gasteiger partial charge in [-0.25, -0.2) is 0 Å². The third-order valence-electron chi connectivity index (χ3n) is 3.56. The van der Waals surface area contributed by atoms with Crippen molar-refractivity contribution in [3.63, 3.8) is 0 Å². The summed E-state index contributed by atoms with van der Waals surface area (Å²) in [5.41, 5.74) is 0. The zero-order chi connectivity index (χ0) is 11.4. The van der Waals surface area contributed by atoms with E-state index in [1.807, 2.05) is 11.8 Å². The molecule has 0 radical (unpaired) electrons. The predicted octanol–water partition coefficient (Wildman–Crippen LogP) is 1.81. The molecule has 2 fully saturated rings. The van der Waals surface area contributed by atoms with E-state index in [1.54, 1.807) is 0 Å². The van der Waals surface area contributed by atoms with Crippen molar-refractivity contribution in [3.05, 3.63) is 0 Å². The first-order chi connectivity index (χ1) is 7.81. The smallest absolute Gasteiger partial charge is 0.225 e. The molecule has 1 aliphatic heterocycles. The zero-order valence-electron chi connectivity index (χ0n) is 10.4. The molecule has 0 spiro atoms. The van der Waals surface area contributed by atoms with Crippen LogP contribution in [0.3, 0.4) is 0 Å². The molecular formula is C12H23ClN2OS. The van der Waals surface area contributed by atoms with Gasteiger partial charge in [-0.3, -0.25) is 4.79 Å². The third-order valence-corrected chi connectivity index (χ3v) is 4.89. The van der Waals surface area contributed by atoms with E-state index in [1.165, 1.54) is 25.7 Å². The quantitative estimate of drug-likeness (QED) is 0.824. The third kappa shape index (κ3) is 4.04. The fourth-order valence-electron chi connectivity index (χ4n) is 2.45. The lowest BCUT2D eigenvalue weighted by molar-refractivity contribution is -0.127. The Morgan fingerprint density at radius 2 is 2.06 bits per heavy atom. The molecule has 1 saturated heterocycles. The molecular weight excluding hydrogens is 256 g/mol. The summed E-state index contributed by atoms with van der Waals surface area (Å²) in [7, 11) is 0. The highest BCUT2D eigenvalue weighted by Gasteiger charge is 2.30. The van der Waals surface area contributed by atoms with Gasteiger partial charge < -0.3 is 10.6 Å². The second kappa shape index (κ2) is 7.49. The average Bonchev–Trinajstić information content (AvgIpc) is 2.18. The van der Waals surface area contributed by atoms with E-state index in [9.17, 15) is 4.79 Å². The summed E-state index contributed by atoms with van der Waals surface area (Å²) in [6, 6.07) is 0.423. The van der Waals surface area contributed by atoms with Gasteiger partial charge in [0.25, 0.3) is 0 Å². The van der Waals surface area contributed by atoms with Crippen LogP contribution in [-0.4, -0.2) is 36.0 Å². The second-order valence-corrected chi connectivity index (χ2v) is 6.26. The Hall–Kier alpha value is 0.0700. The Morgan fingerprint density at radius 3 is 2.65 bits per heavy atom. The van der Waals surface area contributed by atoms with Crippen LogP contribution in [0, 0.1) is 5.92 Å². The number of hydrogen-bond acceptors (Lipinski definition) is 3. The number of carbonyl (C=O) groups excluding carboxylic acids is 1. The maximum absolute atomic E-state index is 11.9. The standard InChI is InChI=1S/C12H22N2OS.ClH/c1-2-16-11-6-4-3-5-10(11)14-12(15)9-7-13-8-9;/h9-11,13H,2-8H2,1H3,(H,14,15);1H. The first kappa shape index (κ1) is 15.1. The molecule has 0 aromatic carbocycles. The summed E-state index contributed by atoms with van der Waals surface area (Å²) in [5.74, 6) is 1.66. The van der Waals surface area contributed by atoms with Gasteiger partial charge in [0.05, 0.1) is 5.92 Å². The Bertz CT molecular complexity index is 247. The summed E-state index contributed by atoms with van der Waals surface area (Å²) in [5, 5.41) is 7.05. The molecule has 0 aromatic rings. The summed E-state index contributed by atoms with van der Waals surface area (Å²) >= 11 is 2.01. The molecule has 17 heavy (non-hydrogen) atoms. The lowest BCUT2D eigenvalue weighted by Crippen LogP contribution is -2.54. The molecule has 1 aliphatic carbocycles. The van der Waals surface area contributed by atoms with Crippen LogP contribution < -0.4 is 10.6 Å². The predicted molar refractivity (Wildman–Crippen MR) is 75.9 cm³/mol. The van der Waals surface area contributed by atoms with E-state index in [0.717, 1.165) is 18.8 Å².